The monoisotopic (exact) mass is 433 g/mol. The van der Waals surface area contributed by atoms with Crippen LogP contribution in [-0.4, -0.2) is 41.6 Å². The van der Waals surface area contributed by atoms with Crippen molar-refractivity contribution >= 4 is 46.8 Å². The van der Waals surface area contributed by atoms with Crippen LogP contribution in [0.25, 0.3) is 0 Å². The van der Waals surface area contributed by atoms with Gasteiger partial charge in [0.05, 0.1) is 16.9 Å². The molecule has 3 fully saturated rings. The Balaban J connectivity index is 1.22. The molecule has 1 aromatic rings. The van der Waals surface area contributed by atoms with E-state index in [-0.39, 0.29) is 46.1 Å². The zero-order chi connectivity index (χ0) is 20.4. The number of carbonyl (C=O) groups is 4. The molecule has 1 aliphatic heterocycles. The van der Waals surface area contributed by atoms with Crippen LogP contribution in [0.5, 0.6) is 0 Å². The Hall–Kier alpha value is -2.18. The minimum Gasteiger partial charge on any atom is -0.456 e. The number of carbonyl (C=O) groups excluding carboxylic acids is 4. The van der Waals surface area contributed by atoms with Crippen LogP contribution in [0, 0.1) is 35.5 Å². The van der Waals surface area contributed by atoms with Gasteiger partial charge < -0.3 is 4.74 Å². The highest BCUT2D eigenvalue weighted by atomic mass is 35.5. The molecular weight excluding hydrogens is 417 g/mol. The maximum atomic E-state index is 12.8. The molecule has 6 rings (SSSR count). The van der Waals surface area contributed by atoms with Crippen LogP contribution < -0.4 is 0 Å². The molecule has 6 unspecified atom stereocenters. The number of nitrogens with zero attached hydrogens (tertiary/aromatic N) is 1. The molecule has 6 atom stereocenters. The lowest BCUT2D eigenvalue weighted by atomic mass is 9.63. The molecule has 0 N–H and O–H groups in total. The maximum absolute atomic E-state index is 12.8. The van der Waals surface area contributed by atoms with Gasteiger partial charge in [0, 0.05) is 10.6 Å². The second kappa shape index (κ2) is 6.67. The predicted molar refractivity (Wildman–Crippen MR) is 103 cm³/mol. The first-order valence-corrected chi connectivity index (χ1v) is 10.3. The number of hydrogen-bond donors (Lipinski definition) is 0. The maximum Gasteiger partial charge on any atom is 0.326 e. The largest absolute Gasteiger partial charge is 0.456 e. The van der Waals surface area contributed by atoms with Crippen LogP contribution in [0.4, 0.5) is 0 Å². The van der Waals surface area contributed by atoms with Gasteiger partial charge >= 0.3 is 5.97 Å². The van der Waals surface area contributed by atoms with Crippen LogP contribution in [0.2, 0.25) is 10.0 Å². The fourth-order valence-corrected chi connectivity index (χ4v) is 5.80. The Morgan fingerprint density at radius 1 is 1.03 bits per heavy atom. The van der Waals surface area contributed by atoms with E-state index >= 15 is 0 Å². The lowest BCUT2D eigenvalue weighted by Crippen LogP contribution is -2.40. The van der Waals surface area contributed by atoms with Crippen molar-refractivity contribution in [1.29, 1.82) is 0 Å². The molecule has 5 aliphatic rings. The number of imide groups is 1. The van der Waals surface area contributed by atoms with Gasteiger partial charge in [0.1, 0.15) is 6.54 Å². The van der Waals surface area contributed by atoms with Gasteiger partial charge in [-0.25, -0.2) is 0 Å². The van der Waals surface area contributed by atoms with Crippen molar-refractivity contribution in [2.24, 2.45) is 35.5 Å². The normalized spacial score (nSPS) is 33.5. The minimum absolute atomic E-state index is 0.0982. The molecule has 150 valence electrons. The zero-order valence-electron chi connectivity index (χ0n) is 15.2. The second-order valence-electron chi connectivity index (χ2n) is 8.13. The van der Waals surface area contributed by atoms with Gasteiger partial charge in [0.15, 0.2) is 6.61 Å². The molecule has 1 aromatic carbocycles. The van der Waals surface area contributed by atoms with Crippen molar-refractivity contribution < 1.29 is 23.9 Å². The van der Waals surface area contributed by atoms with E-state index in [0.29, 0.717) is 16.9 Å². The standard InChI is InChI=1S/C21H17Cl2NO5/c22-9-1-2-12(15(23)5-9)16(25)8-29-17(26)7-24-20(27)18-10-3-4-11(14-6-13(10)14)19(18)21(24)28/h1-5,10-11,13-14,18-19H,6-8H2. The first-order chi connectivity index (χ1) is 13.9. The van der Waals surface area contributed by atoms with E-state index < -0.39 is 24.9 Å². The Labute approximate surface area is 176 Å². The van der Waals surface area contributed by atoms with Gasteiger partial charge in [-0.3, -0.25) is 24.1 Å². The van der Waals surface area contributed by atoms with Gasteiger partial charge in [-0.2, -0.15) is 0 Å². The molecule has 0 spiro atoms. The summed E-state index contributed by atoms with van der Waals surface area (Å²) in [6.45, 7) is -0.999. The van der Waals surface area contributed by atoms with Crippen molar-refractivity contribution in [3.05, 3.63) is 46.0 Å². The highest BCUT2D eigenvalue weighted by Crippen LogP contribution is 2.65. The molecule has 2 saturated carbocycles. The van der Waals surface area contributed by atoms with E-state index in [1.165, 1.54) is 18.2 Å². The number of esters is 1. The SMILES string of the molecule is O=C(CN1C(=O)C2C3C=CC(C4CC34)C2C1=O)OCC(=O)c1ccc(Cl)cc1Cl. The van der Waals surface area contributed by atoms with Crippen molar-refractivity contribution in [1.82, 2.24) is 4.90 Å². The van der Waals surface area contributed by atoms with Crippen molar-refractivity contribution in [2.75, 3.05) is 13.2 Å². The summed E-state index contributed by atoms with van der Waals surface area (Å²) in [5, 5.41) is 0.547. The van der Waals surface area contributed by atoms with Crippen LogP contribution in [0.3, 0.4) is 0 Å². The first kappa shape index (κ1) is 18.8. The van der Waals surface area contributed by atoms with Crippen LogP contribution in [0.1, 0.15) is 16.8 Å². The van der Waals surface area contributed by atoms with Crippen molar-refractivity contribution in [3.63, 3.8) is 0 Å². The Kier molecular flexibility index (Phi) is 4.33. The summed E-state index contributed by atoms with van der Waals surface area (Å²) in [6.07, 6.45) is 5.22. The van der Waals surface area contributed by atoms with Crippen molar-refractivity contribution in [3.8, 4) is 0 Å². The third-order valence-electron chi connectivity index (χ3n) is 6.64. The van der Waals surface area contributed by atoms with Crippen molar-refractivity contribution in [2.45, 2.75) is 6.42 Å². The second-order valence-corrected chi connectivity index (χ2v) is 8.97. The molecule has 2 amide bonds. The zero-order valence-corrected chi connectivity index (χ0v) is 16.7. The summed E-state index contributed by atoms with van der Waals surface area (Å²) in [4.78, 5) is 51.2. The summed E-state index contributed by atoms with van der Waals surface area (Å²) >= 11 is 11.8. The quantitative estimate of drug-likeness (QED) is 0.308. The fraction of sp³-hybridized carbons (Fsp3) is 0.429. The third-order valence-corrected chi connectivity index (χ3v) is 7.18. The molecular formula is C21H17Cl2NO5. The molecule has 4 aliphatic carbocycles. The van der Waals surface area contributed by atoms with E-state index in [2.05, 4.69) is 12.2 Å². The number of benzene rings is 1. The first-order valence-electron chi connectivity index (χ1n) is 9.54. The van der Waals surface area contributed by atoms with E-state index in [1.54, 1.807) is 0 Å². The molecule has 6 nitrogen and oxygen atoms in total. The number of likely N-dealkylation sites (tertiary alicyclic amines) is 1. The van der Waals surface area contributed by atoms with E-state index in [4.69, 9.17) is 27.9 Å². The highest BCUT2D eigenvalue weighted by molar-refractivity contribution is 6.36. The van der Waals surface area contributed by atoms with Gasteiger partial charge in [-0.05, 0) is 48.3 Å². The van der Waals surface area contributed by atoms with E-state index in [1.807, 2.05) is 0 Å². The van der Waals surface area contributed by atoms with Crippen LogP contribution >= 0.6 is 23.2 Å². The summed E-state index contributed by atoms with van der Waals surface area (Å²) in [5.74, 6) is -1.41. The molecule has 2 bridgehead atoms. The molecule has 1 saturated heterocycles. The molecule has 0 radical (unpaired) electrons. The summed E-state index contributed by atoms with van der Waals surface area (Å²) < 4.78 is 5.01. The van der Waals surface area contributed by atoms with Crippen LogP contribution in [0.15, 0.2) is 30.4 Å². The van der Waals surface area contributed by atoms with Gasteiger partial charge in [-0.15, -0.1) is 0 Å². The smallest absolute Gasteiger partial charge is 0.326 e. The number of Topliss-reactive ketones (excluding diaryl/α,β-unsaturated/α-hetero) is 1. The average Bonchev–Trinajstić information content (AvgIpc) is 3.47. The topological polar surface area (TPSA) is 80.8 Å². The van der Waals surface area contributed by atoms with Gasteiger partial charge in [0.25, 0.3) is 0 Å². The summed E-state index contributed by atoms with van der Waals surface area (Å²) in [5.41, 5.74) is 0.185. The Bertz CT molecular complexity index is 953. The Morgan fingerprint density at radius 2 is 1.66 bits per heavy atom. The third kappa shape index (κ3) is 2.92. The number of halogens is 2. The van der Waals surface area contributed by atoms with Gasteiger partial charge in [0.2, 0.25) is 17.6 Å². The lowest BCUT2D eigenvalue weighted by molar-refractivity contribution is -0.152. The lowest BCUT2D eigenvalue weighted by Gasteiger charge is -2.37. The average molecular weight is 434 g/mol. The number of amides is 2. The summed E-state index contributed by atoms with van der Waals surface area (Å²) in [6, 6.07) is 4.39. The molecule has 0 aromatic heterocycles. The number of allylic oxidation sites excluding steroid dienone is 2. The summed E-state index contributed by atoms with van der Waals surface area (Å²) in [7, 11) is 0. The van der Waals surface area contributed by atoms with Gasteiger partial charge in [-0.1, -0.05) is 35.4 Å². The minimum atomic E-state index is -0.797. The predicted octanol–water partition coefficient (Wildman–Crippen LogP) is 2.77. The number of ether oxygens (including phenoxy) is 1. The number of rotatable bonds is 5. The number of hydrogen-bond acceptors (Lipinski definition) is 5. The fourth-order valence-electron chi connectivity index (χ4n) is 5.29. The molecule has 1 heterocycles. The van der Waals surface area contributed by atoms with Crippen LogP contribution in [-0.2, 0) is 19.1 Å². The molecule has 29 heavy (non-hydrogen) atoms. The van der Waals surface area contributed by atoms with E-state index in [0.717, 1.165) is 11.3 Å². The Morgan fingerprint density at radius 3 is 2.24 bits per heavy atom. The number of ketones is 1. The molecule has 8 heteroatoms. The highest BCUT2D eigenvalue weighted by Gasteiger charge is 2.67. The van der Waals surface area contributed by atoms with E-state index in [9.17, 15) is 19.2 Å².